The topological polar surface area (TPSA) is 37.3 Å². The zero-order valence-corrected chi connectivity index (χ0v) is 10.6. The average molecular weight is 244 g/mol. The third-order valence-corrected chi connectivity index (χ3v) is 3.88. The van der Waals surface area contributed by atoms with Crippen molar-refractivity contribution in [1.82, 2.24) is 0 Å². The fourth-order valence-corrected chi connectivity index (χ4v) is 2.72. The van der Waals surface area contributed by atoms with E-state index in [0.29, 0.717) is 6.42 Å². The van der Waals surface area contributed by atoms with Crippen molar-refractivity contribution in [1.29, 1.82) is 0 Å². The van der Waals surface area contributed by atoms with Gasteiger partial charge in [-0.3, -0.25) is 4.79 Å². The second-order valence-corrected chi connectivity index (χ2v) is 5.16. The van der Waals surface area contributed by atoms with E-state index in [1.807, 2.05) is 42.5 Å². The van der Waals surface area contributed by atoms with E-state index in [9.17, 15) is 9.90 Å². The Labute approximate surface area is 108 Å². The van der Waals surface area contributed by atoms with Crippen LogP contribution in [0, 0.1) is 5.41 Å². The zero-order valence-electron chi connectivity index (χ0n) is 10.6. The smallest absolute Gasteiger partial charge is 0.309 e. The van der Waals surface area contributed by atoms with Gasteiger partial charge in [0.2, 0.25) is 0 Å². The van der Waals surface area contributed by atoms with Crippen molar-refractivity contribution in [2.45, 2.75) is 38.5 Å². The van der Waals surface area contributed by atoms with Crippen molar-refractivity contribution >= 4 is 12.0 Å². The molecule has 1 aliphatic rings. The average Bonchev–Trinajstić information content (AvgIpc) is 2.41. The molecule has 2 nitrogen and oxygen atoms in total. The molecule has 1 N–H and O–H groups in total. The molecule has 0 aliphatic heterocycles. The van der Waals surface area contributed by atoms with Gasteiger partial charge in [0, 0.05) is 0 Å². The Balaban J connectivity index is 2.02. The van der Waals surface area contributed by atoms with E-state index >= 15 is 0 Å². The van der Waals surface area contributed by atoms with E-state index in [0.717, 1.165) is 31.2 Å². The molecule has 0 aromatic heterocycles. The maximum absolute atomic E-state index is 11.5. The second kappa shape index (κ2) is 5.85. The van der Waals surface area contributed by atoms with E-state index in [2.05, 4.69) is 0 Å². The van der Waals surface area contributed by atoms with Crippen molar-refractivity contribution in [2.24, 2.45) is 5.41 Å². The first-order valence-electron chi connectivity index (χ1n) is 6.68. The number of hydrogen-bond donors (Lipinski definition) is 1. The third-order valence-electron chi connectivity index (χ3n) is 3.88. The molecule has 0 bridgehead atoms. The molecular weight excluding hydrogens is 224 g/mol. The SMILES string of the molecule is O=C(O)C1(CC=Cc2ccccc2)CCCCC1. The summed E-state index contributed by atoms with van der Waals surface area (Å²) in [5, 5.41) is 9.45. The lowest BCUT2D eigenvalue weighted by Crippen LogP contribution is -2.32. The lowest BCUT2D eigenvalue weighted by molar-refractivity contribution is -0.150. The van der Waals surface area contributed by atoms with Gasteiger partial charge in [-0.15, -0.1) is 0 Å². The molecule has 2 heteroatoms. The number of allylic oxidation sites excluding steroid dienone is 1. The Kier molecular flexibility index (Phi) is 4.19. The number of benzene rings is 1. The van der Waals surface area contributed by atoms with Crippen LogP contribution in [-0.2, 0) is 4.79 Å². The molecule has 1 aromatic carbocycles. The fourth-order valence-electron chi connectivity index (χ4n) is 2.72. The molecule has 18 heavy (non-hydrogen) atoms. The first kappa shape index (κ1) is 12.9. The molecule has 0 amide bonds. The summed E-state index contributed by atoms with van der Waals surface area (Å²) in [5.74, 6) is -0.625. The van der Waals surface area contributed by atoms with Crippen LogP contribution >= 0.6 is 0 Å². The predicted molar refractivity (Wildman–Crippen MR) is 73.2 cm³/mol. The lowest BCUT2D eigenvalue weighted by atomic mass is 9.72. The van der Waals surface area contributed by atoms with Gasteiger partial charge in [0.15, 0.2) is 0 Å². The number of carbonyl (C=O) groups is 1. The number of carboxylic acids is 1. The van der Waals surface area contributed by atoms with Gasteiger partial charge >= 0.3 is 5.97 Å². The van der Waals surface area contributed by atoms with Crippen LogP contribution in [0.15, 0.2) is 36.4 Å². The summed E-state index contributed by atoms with van der Waals surface area (Å²) in [6.45, 7) is 0. The van der Waals surface area contributed by atoms with E-state index in [4.69, 9.17) is 0 Å². The maximum atomic E-state index is 11.5. The van der Waals surface area contributed by atoms with Gasteiger partial charge in [0.25, 0.3) is 0 Å². The number of rotatable bonds is 4. The molecular formula is C16H20O2. The van der Waals surface area contributed by atoms with Gasteiger partial charge < -0.3 is 5.11 Å². The van der Waals surface area contributed by atoms with Crippen molar-refractivity contribution in [3.05, 3.63) is 42.0 Å². The maximum Gasteiger partial charge on any atom is 0.309 e. The van der Waals surface area contributed by atoms with Crippen LogP contribution in [0.3, 0.4) is 0 Å². The van der Waals surface area contributed by atoms with Gasteiger partial charge in [-0.25, -0.2) is 0 Å². The normalized spacial score (nSPS) is 18.9. The summed E-state index contributed by atoms with van der Waals surface area (Å²) in [6, 6.07) is 10.0. The molecule has 0 atom stereocenters. The van der Waals surface area contributed by atoms with Crippen LogP contribution in [0.1, 0.15) is 44.1 Å². The largest absolute Gasteiger partial charge is 0.481 e. The van der Waals surface area contributed by atoms with Crippen molar-refractivity contribution in [3.63, 3.8) is 0 Å². The summed E-state index contributed by atoms with van der Waals surface area (Å²) in [6.07, 6.45) is 9.61. The Hall–Kier alpha value is -1.57. The number of aliphatic carboxylic acids is 1. The first-order valence-corrected chi connectivity index (χ1v) is 6.68. The Morgan fingerprint density at radius 1 is 1.17 bits per heavy atom. The molecule has 1 saturated carbocycles. The van der Waals surface area contributed by atoms with E-state index in [-0.39, 0.29) is 0 Å². The van der Waals surface area contributed by atoms with Crippen LogP contribution in [0.5, 0.6) is 0 Å². The van der Waals surface area contributed by atoms with Crippen LogP contribution in [0.2, 0.25) is 0 Å². The summed E-state index contributed by atoms with van der Waals surface area (Å²) in [7, 11) is 0. The summed E-state index contributed by atoms with van der Waals surface area (Å²) in [4.78, 5) is 11.5. The number of hydrogen-bond acceptors (Lipinski definition) is 1. The van der Waals surface area contributed by atoms with Gasteiger partial charge in [-0.05, 0) is 24.8 Å². The van der Waals surface area contributed by atoms with Crippen LogP contribution in [0.25, 0.3) is 6.08 Å². The molecule has 0 saturated heterocycles. The highest BCUT2D eigenvalue weighted by atomic mass is 16.4. The fraction of sp³-hybridized carbons (Fsp3) is 0.438. The molecule has 0 heterocycles. The molecule has 1 aromatic rings. The van der Waals surface area contributed by atoms with Crippen molar-refractivity contribution in [3.8, 4) is 0 Å². The van der Waals surface area contributed by atoms with Crippen molar-refractivity contribution < 1.29 is 9.90 Å². The van der Waals surface area contributed by atoms with Crippen molar-refractivity contribution in [2.75, 3.05) is 0 Å². The second-order valence-electron chi connectivity index (χ2n) is 5.16. The summed E-state index contributed by atoms with van der Waals surface area (Å²) in [5.41, 5.74) is 0.623. The minimum Gasteiger partial charge on any atom is -0.481 e. The molecule has 2 rings (SSSR count). The van der Waals surface area contributed by atoms with E-state index in [1.165, 1.54) is 6.42 Å². The molecule has 1 aliphatic carbocycles. The van der Waals surface area contributed by atoms with E-state index < -0.39 is 11.4 Å². The molecule has 96 valence electrons. The summed E-state index contributed by atoms with van der Waals surface area (Å²) >= 11 is 0. The Morgan fingerprint density at radius 3 is 2.44 bits per heavy atom. The minimum atomic E-state index is -0.625. The van der Waals surface area contributed by atoms with Gasteiger partial charge in [0.1, 0.15) is 0 Å². The van der Waals surface area contributed by atoms with E-state index in [1.54, 1.807) is 0 Å². The lowest BCUT2D eigenvalue weighted by Gasteiger charge is -2.32. The Morgan fingerprint density at radius 2 is 1.83 bits per heavy atom. The highest BCUT2D eigenvalue weighted by molar-refractivity contribution is 5.75. The van der Waals surface area contributed by atoms with Crippen LogP contribution in [0.4, 0.5) is 0 Å². The summed E-state index contributed by atoms with van der Waals surface area (Å²) < 4.78 is 0. The third kappa shape index (κ3) is 3.00. The molecule has 1 fully saturated rings. The van der Waals surface area contributed by atoms with Crippen LogP contribution < -0.4 is 0 Å². The number of carboxylic acid groups (broad SMARTS) is 1. The quantitative estimate of drug-likeness (QED) is 0.864. The first-order chi connectivity index (χ1) is 8.73. The standard InChI is InChI=1S/C16H20O2/c17-15(18)16(11-5-2-6-12-16)13-7-10-14-8-3-1-4-9-14/h1,3-4,7-10H,2,5-6,11-13H2,(H,17,18). The van der Waals surface area contributed by atoms with Gasteiger partial charge in [-0.2, -0.15) is 0 Å². The monoisotopic (exact) mass is 244 g/mol. The van der Waals surface area contributed by atoms with Gasteiger partial charge in [-0.1, -0.05) is 61.7 Å². The zero-order chi connectivity index (χ0) is 12.8. The van der Waals surface area contributed by atoms with Gasteiger partial charge in [0.05, 0.1) is 5.41 Å². The highest BCUT2D eigenvalue weighted by Gasteiger charge is 2.38. The predicted octanol–water partition coefficient (Wildman–Crippen LogP) is 4.13. The molecule has 0 radical (unpaired) electrons. The van der Waals surface area contributed by atoms with Crippen LogP contribution in [-0.4, -0.2) is 11.1 Å². The highest BCUT2D eigenvalue weighted by Crippen LogP contribution is 2.40. The molecule has 0 unspecified atom stereocenters. The Bertz CT molecular complexity index is 414. The minimum absolute atomic E-state index is 0.510. The molecule has 0 spiro atoms.